The maximum Gasteiger partial charge on any atom is 0.460 e. The highest BCUT2D eigenvalue weighted by molar-refractivity contribution is 5.97. The van der Waals surface area contributed by atoms with Crippen molar-refractivity contribution >= 4 is 11.6 Å². The number of rotatable bonds is 8. The van der Waals surface area contributed by atoms with Crippen molar-refractivity contribution in [1.29, 1.82) is 0 Å². The van der Waals surface area contributed by atoms with Gasteiger partial charge in [0.1, 0.15) is 5.82 Å². The highest BCUT2D eigenvalue weighted by Gasteiger charge is 2.95. The number of hydrogen-bond donors (Lipinski definition) is 1. The topological polar surface area (TPSA) is 29.1 Å². The van der Waals surface area contributed by atoms with Gasteiger partial charge < -0.3 is 5.32 Å². The molecule has 1 N–H and O–H groups in total. The van der Waals surface area contributed by atoms with Gasteiger partial charge in [-0.2, -0.15) is 74.6 Å². The maximum atomic E-state index is 13.7. The molecule has 0 unspecified atom stereocenters. The van der Waals surface area contributed by atoms with E-state index < -0.39 is 65.0 Å². The fourth-order valence-corrected chi connectivity index (χ4v) is 2.08. The van der Waals surface area contributed by atoms with Crippen molar-refractivity contribution in [3.05, 3.63) is 30.1 Å². The van der Waals surface area contributed by atoms with E-state index in [4.69, 9.17) is 0 Å². The molecule has 0 fully saturated rings. The summed E-state index contributed by atoms with van der Waals surface area (Å²) in [5.74, 6) is -63.7. The molecule has 0 saturated heterocycles. The van der Waals surface area contributed by atoms with Gasteiger partial charge in [0, 0.05) is 5.69 Å². The highest BCUT2D eigenvalue weighted by atomic mass is 19.4. The first-order chi connectivity index (χ1) is 15.1. The Hall–Kier alpha value is -2.57. The molecule has 0 radical (unpaired) electrons. The molecule has 20 heteroatoms. The van der Waals surface area contributed by atoms with Crippen molar-refractivity contribution in [2.24, 2.45) is 0 Å². The lowest BCUT2D eigenvalue weighted by Crippen LogP contribution is -2.75. The zero-order valence-electron chi connectivity index (χ0n) is 15.5. The van der Waals surface area contributed by atoms with Crippen molar-refractivity contribution < 1.29 is 83.8 Å². The predicted molar refractivity (Wildman–Crippen MR) is 75.7 cm³/mol. The fraction of sp³-hybridized carbons (Fsp3) is 0.533. The minimum atomic E-state index is -8.79. The first-order valence-electron chi connectivity index (χ1n) is 7.93. The monoisotopic (exact) mass is 557 g/mol. The van der Waals surface area contributed by atoms with Gasteiger partial charge in [-0.15, -0.1) is 0 Å². The molecule has 35 heavy (non-hydrogen) atoms. The van der Waals surface area contributed by atoms with Crippen LogP contribution >= 0.6 is 0 Å². The number of amides is 1. The molecule has 0 heterocycles. The minimum Gasteiger partial charge on any atom is -0.321 e. The molecule has 2 nitrogen and oxygen atoms in total. The quantitative estimate of drug-likeness (QED) is 0.352. The first kappa shape index (κ1) is 30.5. The van der Waals surface area contributed by atoms with Crippen LogP contribution in [0.3, 0.4) is 0 Å². The molecule has 1 aromatic rings. The second kappa shape index (κ2) is 8.24. The van der Waals surface area contributed by atoms with Crippen LogP contribution in [0.4, 0.5) is 84.7 Å². The zero-order valence-corrected chi connectivity index (χ0v) is 15.5. The molecular weight excluding hydrogens is 552 g/mol. The van der Waals surface area contributed by atoms with E-state index >= 15 is 0 Å². The van der Waals surface area contributed by atoms with E-state index in [1.54, 1.807) is 0 Å². The Kier molecular flexibility index (Phi) is 7.17. The summed E-state index contributed by atoms with van der Waals surface area (Å²) in [6.07, 6.45) is -7.86. The van der Waals surface area contributed by atoms with E-state index in [9.17, 15) is 83.8 Å². The summed E-state index contributed by atoms with van der Waals surface area (Å²) in [4.78, 5) is 11.3. The summed E-state index contributed by atoms with van der Waals surface area (Å²) in [6, 6.07) is 1.58. The van der Waals surface area contributed by atoms with E-state index in [2.05, 4.69) is 0 Å². The van der Waals surface area contributed by atoms with Crippen LogP contribution in [0.2, 0.25) is 0 Å². The van der Waals surface area contributed by atoms with Gasteiger partial charge in [-0.1, -0.05) is 6.07 Å². The number of carbonyl (C=O) groups excluding carboxylic acids is 1. The molecule has 202 valence electrons. The summed E-state index contributed by atoms with van der Waals surface area (Å²) < 4.78 is 236. The average molecular weight is 557 g/mol. The number of carbonyl (C=O) groups is 1. The lowest BCUT2D eigenvalue weighted by atomic mass is 9.89. The van der Waals surface area contributed by atoms with E-state index in [-0.39, 0.29) is 6.07 Å². The van der Waals surface area contributed by atoms with Gasteiger partial charge in [0.05, 0.1) is 0 Å². The SMILES string of the molecule is O=C(Nc1cccc(F)c1)C(F)(F)C(F)(F)C(F)(F)C(F)(F)C(F)(F)C(F)(F)C(F)(F)C(F)(F)F. The molecule has 1 aromatic carbocycles. The van der Waals surface area contributed by atoms with Gasteiger partial charge in [-0.05, 0) is 18.2 Å². The Morgan fingerprint density at radius 1 is 0.571 bits per heavy atom. The Balaban J connectivity index is 3.58. The lowest BCUT2D eigenvalue weighted by molar-refractivity contribution is -0.459. The van der Waals surface area contributed by atoms with Crippen LogP contribution in [-0.4, -0.2) is 53.5 Å². The number of nitrogens with one attached hydrogen (secondary N) is 1. The van der Waals surface area contributed by atoms with Gasteiger partial charge in [-0.3, -0.25) is 4.79 Å². The Morgan fingerprint density at radius 2 is 0.943 bits per heavy atom. The smallest absolute Gasteiger partial charge is 0.321 e. The Bertz CT molecular complexity index is 949. The molecule has 0 aromatic heterocycles. The molecule has 0 bridgehead atoms. The van der Waals surface area contributed by atoms with Crippen molar-refractivity contribution in [2.45, 2.75) is 47.6 Å². The molecular formula is C15H5F18NO. The summed E-state index contributed by atoms with van der Waals surface area (Å²) in [6.45, 7) is 0. The van der Waals surface area contributed by atoms with Crippen LogP contribution < -0.4 is 5.32 Å². The van der Waals surface area contributed by atoms with Crippen LogP contribution in [0.15, 0.2) is 24.3 Å². The van der Waals surface area contributed by atoms with Crippen LogP contribution in [-0.2, 0) is 4.79 Å². The largest absolute Gasteiger partial charge is 0.460 e. The van der Waals surface area contributed by atoms with E-state index in [0.29, 0.717) is 23.5 Å². The van der Waals surface area contributed by atoms with Gasteiger partial charge in [0.2, 0.25) is 0 Å². The van der Waals surface area contributed by atoms with Gasteiger partial charge in [-0.25, -0.2) is 4.39 Å². The molecule has 0 aliphatic heterocycles. The highest BCUT2D eigenvalue weighted by Crippen LogP contribution is 2.63. The first-order valence-corrected chi connectivity index (χ1v) is 7.93. The van der Waals surface area contributed by atoms with Gasteiger partial charge >= 0.3 is 53.5 Å². The third-order valence-electron chi connectivity index (χ3n) is 4.09. The second-order valence-electron chi connectivity index (χ2n) is 6.48. The summed E-state index contributed by atoms with van der Waals surface area (Å²) in [5.41, 5.74) is -1.25. The standard InChI is InChI=1S/C15H5F18NO/c16-5-2-1-3-6(4-5)34-7(35)8(17,18)9(19,20)10(21,22)11(23,24)12(25,26)13(27,28)14(29,30)15(31,32)33/h1-4H,(H,34,35). The van der Waals surface area contributed by atoms with Crippen molar-refractivity contribution in [2.75, 3.05) is 5.32 Å². The summed E-state index contributed by atoms with van der Waals surface area (Å²) >= 11 is 0. The number of benzene rings is 1. The average Bonchev–Trinajstić information content (AvgIpc) is 2.66. The molecule has 0 atom stereocenters. The van der Waals surface area contributed by atoms with Crippen molar-refractivity contribution in [3.8, 4) is 0 Å². The molecule has 0 saturated carbocycles. The van der Waals surface area contributed by atoms with Crippen LogP contribution in [0.5, 0.6) is 0 Å². The molecule has 0 aliphatic rings. The third kappa shape index (κ3) is 4.21. The molecule has 0 aliphatic carbocycles. The van der Waals surface area contributed by atoms with Crippen molar-refractivity contribution in [1.82, 2.24) is 0 Å². The minimum absolute atomic E-state index is 0.0484. The molecule has 1 amide bonds. The summed E-state index contributed by atoms with van der Waals surface area (Å²) in [5, 5.41) is 0.574. The lowest BCUT2D eigenvalue weighted by Gasteiger charge is -2.42. The van der Waals surface area contributed by atoms with Crippen LogP contribution in [0, 0.1) is 5.82 Å². The number of anilines is 1. The Labute approximate surface area is 179 Å². The normalized spacial score (nSPS) is 15.3. The Morgan fingerprint density at radius 3 is 1.31 bits per heavy atom. The van der Waals surface area contributed by atoms with E-state index in [1.165, 1.54) is 0 Å². The van der Waals surface area contributed by atoms with E-state index in [0.717, 1.165) is 0 Å². The number of hydrogen-bond acceptors (Lipinski definition) is 1. The van der Waals surface area contributed by atoms with E-state index in [1.807, 2.05) is 0 Å². The maximum absolute atomic E-state index is 13.7. The zero-order chi connectivity index (χ0) is 28.3. The van der Waals surface area contributed by atoms with Crippen LogP contribution in [0.1, 0.15) is 0 Å². The predicted octanol–water partition coefficient (Wildman–Crippen LogP) is 6.77. The number of halogens is 18. The van der Waals surface area contributed by atoms with Crippen LogP contribution in [0.25, 0.3) is 0 Å². The fourth-order valence-electron chi connectivity index (χ4n) is 2.08. The van der Waals surface area contributed by atoms with Crippen molar-refractivity contribution in [3.63, 3.8) is 0 Å². The molecule has 0 spiro atoms. The van der Waals surface area contributed by atoms with Gasteiger partial charge in [0.25, 0.3) is 0 Å². The summed E-state index contributed by atoms with van der Waals surface area (Å²) in [7, 11) is 0. The third-order valence-corrected chi connectivity index (χ3v) is 4.09. The number of alkyl halides is 17. The second-order valence-corrected chi connectivity index (χ2v) is 6.48. The van der Waals surface area contributed by atoms with Gasteiger partial charge in [0.15, 0.2) is 0 Å². The molecule has 1 rings (SSSR count).